The van der Waals surface area contributed by atoms with Crippen LogP contribution in [-0.4, -0.2) is 33.0 Å². The minimum Gasteiger partial charge on any atom is -0.303 e. The summed E-state index contributed by atoms with van der Waals surface area (Å²) < 4.78 is 28.9. The Hall–Kier alpha value is -2.63. The molecule has 0 atom stereocenters. The van der Waals surface area contributed by atoms with Crippen molar-refractivity contribution in [3.8, 4) is 0 Å². The van der Waals surface area contributed by atoms with Gasteiger partial charge in [-0.25, -0.2) is 8.42 Å². The molecule has 2 aliphatic rings. The fourth-order valence-corrected chi connectivity index (χ4v) is 5.95. The second-order valence-electron chi connectivity index (χ2n) is 8.72. The lowest BCUT2D eigenvalue weighted by molar-refractivity contribution is 0.348. The monoisotopic (exact) mass is 432 g/mol. The van der Waals surface area contributed by atoms with Gasteiger partial charge in [-0.1, -0.05) is 42.0 Å². The average molecular weight is 433 g/mol. The fourth-order valence-electron chi connectivity index (χ4n) is 4.87. The van der Waals surface area contributed by atoms with Crippen molar-refractivity contribution in [2.45, 2.75) is 37.5 Å². The number of nitrogens with zero attached hydrogens (tertiary/aromatic N) is 1. The van der Waals surface area contributed by atoms with Gasteiger partial charge in [-0.2, -0.15) is 0 Å². The van der Waals surface area contributed by atoms with Crippen LogP contribution in [0.25, 0.3) is 16.3 Å². The molecule has 4 nitrogen and oxygen atoms in total. The molecule has 1 aliphatic carbocycles. The lowest BCUT2D eigenvalue weighted by atomic mass is 10.0. The number of anilines is 1. The van der Waals surface area contributed by atoms with Gasteiger partial charge < -0.3 is 4.90 Å². The molecule has 1 N–H and O–H groups in total. The lowest BCUT2D eigenvalue weighted by Gasteiger charge is -2.16. The molecule has 160 valence electrons. The van der Waals surface area contributed by atoms with Crippen molar-refractivity contribution < 1.29 is 8.42 Å². The number of fused-ring (bicyclic) bond motifs is 2. The van der Waals surface area contributed by atoms with Gasteiger partial charge >= 0.3 is 0 Å². The number of likely N-dealkylation sites (tertiary alicyclic amines) is 1. The molecule has 3 aromatic rings. The minimum atomic E-state index is -3.65. The van der Waals surface area contributed by atoms with Gasteiger partial charge in [0.05, 0.1) is 4.90 Å². The van der Waals surface area contributed by atoms with Crippen molar-refractivity contribution in [3.05, 3.63) is 77.4 Å². The molecule has 0 aromatic heterocycles. The summed E-state index contributed by atoms with van der Waals surface area (Å²) in [4.78, 5) is 2.82. The van der Waals surface area contributed by atoms with Crippen LogP contribution in [0.1, 0.15) is 37.3 Å². The molecule has 0 saturated carbocycles. The zero-order chi connectivity index (χ0) is 21.4. The van der Waals surface area contributed by atoms with E-state index in [0.717, 1.165) is 30.2 Å². The molecule has 1 saturated heterocycles. The van der Waals surface area contributed by atoms with Crippen molar-refractivity contribution >= 4 is 32.1 Å². The Labute approximate surface area is 184 Å². The maximum Gasteiger partial charge on any atom is 0.261 e. The highest BCUT2D eigenvalue weighted by Gasteiger charge is 2.22. The summed E-state index contributed by atoms with van der Waals surface area (Å²) in [6, 6.07) is 19.0. The molecule has 0 unspecified atom stereocenters. The molecule has 5 rings (SSSR count). The highest BCUT2D eigenvalue weighted by atomic mass is 32.2. The van der Waals surface area contributed by atoms with Crippen molar-refractivity contribution in [2.75, 3.05) is 24.4 Å². The van der Waals surface area contributed by atoms with Crippen molar-refractivity contribution in [2.24, 2.45) is 0 Å². The van der Waals surface area contributed by atoms with Crippen LogP contribution < -0.4 is 4.72 Å². The predicted octanol–water partition coefficient (Wildman–Crippen LogP) is 5.46. The van der Waals surface area contributed by atoms with E-state index in [1.165, 1.54) is 48.2 Å². The lowest BCUT2D eigenvalue weighted by Crippen LogP contribution is -2.20. The van der Waals surface area contributed by atoms with Crippen LogP contribution in [0.3, 0.4) is 0 Å². The van der Waals surface area contributed by atoms with Crippen LogP contribution in [0, 0.1) is 0 Å². The Morgan fingerprint density at radius 2 is 1.71 bits per heavy atom. The molecule has 3 aromatic carbocycles. The largest absolute Gasteiger partial charge is 0.303 e. The summed E-state index contributed by atoms with van der Waals surface area (Å²) in [5.74, 6) is 0. The van der Waals surface area contributed by atoms with Gasteiger partial charge in [-0.15, -0.1) is 0 Å². The predicted molar refractivity (Wildman–Crippen MR) is 128 cm³/mol. The first-order valence-electron chi connectivity index (χ1n) is 11.1. The summed E-state index contributed by atoms with van der Waals surface area (Å²) in [6.45, 7) is 5.69. The number of allylic oxidation sites excluding steroid dienone is 1. The van der Waals surface area contributed by atoms with E-state index in [2.05, 4.69) is 22.6 Å². The molecule has 5 heteroatoms. The number of rotatable bonds is 6. The first kappa shape index (κ1) is 20.3. The fraction of sp³-hybridized carbons (Fsp3) is 0.308. The van der Waals surface area contributed by atoms with Gasteiger partial charge in [-0.05, 0) is 97.4 Å². The normalized spacial score (nSPS) is 16.8. The van der Waals surface area contributed by atoms with E-state index < -0.39 is 10.0 Å². The van der Waals surface area contributed by atoms with Gasteiger partial charge in [0.25, 0.3) is 10.0 Å². The van der Waals surface area contributed by atoms with E-state index in [1.807, 2.05) is 42.5 Å². The average Bonchev–Trinajstić information content (AvgIpc) is 3.38. The SMILES string of the molecule is CC1=C(CCN2CCCC2)c2cc(NS(=O)(=O)c3ccc4ccccc4c3)ccc2C1. The van der Waals surface area contributed by atoms with E-state index in [-0.39, 0.29) is 4.90 Å². The smallest absolute Gasteiger partial charge is 0.261 e. The van der Waals surface area contributed by atoms with E-state index in [9.17, 15) is 8.42 Å². The zero-order valence-corrected chi connectivity index (χ0v) is 18.7. The molecule has 0 bridgehead atoms. The highest BCUT2D eigenvalue weighted by Crippen LogP contribution is 2.37. The summed E-state index contributed by atoms with van der Waals surface area (Å²) in [7, 11) is -3.65. The second kappa shape index (κ2) is 8.13. The number of benzene rings is 3. The van der Waals surface area contributed by atoms with Gasteiger partial charge in [0, 0.05) is 12.2 Å². The summed E-state index contributed by atoms with van der Waals surface area (Å²) in [5.41, 5.74) is 5.91. The van der Waals surface area contributed by atoms with Crippen molar-refractivity contribution in [1.29, 1.82) is 0 Å². The van der Waals surface area contributed by atoms with Gasteiger partial charge in [0.1, 0.15) is 0 Å². The molecular weight excluding hydrogens is 404 g/mol. The third-order valence-electron chi connectivity index (χ3n) is 6.57. The molecule has 1 aliphatic heterocycles. The number of hydrogen-bond donors (Lipinski definition) is 1. The third kappa shape index (κ3) is 4.12. The topological polar surface area (TPSA) is 49.4 Å². The summed E-state index contributed by atoms with van der Waals surface area (Å²) in [5, 5.41) is 1.95. The standard InChI is InChI=1S/C26H28N2O2S/c1-19-16-22-8-10-23(18-26(22)25(19)12-15-28-13-4-5-14-28)27-31(29,30)24-11-9-20-6-2-3-7-21(20)17-24/h2-3,6-11,17-18,27H,4-5,12-16H2,1H3. The number of sulfonamides is 1. The van der Waals surface area contributed by atoms with Crippen LogP contribution in [0.5, 0.6) is 0 Å². The van der Waals surface area contributed by atoms with Crippen molar-refractivity contribution in [3.63, 3.8) is 0 Å². The number of hydrogen-bond acceptors (Lipinski definition) is 3. The van der Waals surface area contributed by atoms with Crippen LogP contribution in [0.2, 0.25) is 0 Å². The molecule has 0 amide bonds. The second-order valence-corrected chi connectivity index (χ2v) is 10.4. The first-order valence-corrected chi connectivity index (χ1v) is 12.5. The molecule has 0 spiro atoms. The highest BCUT2D eigenvalue weighted by molar-refractivity contribution is 7.92. The Balaban J connectivity index is 1.38. The van der Waals surface area contributed by atoms with E-state index in [0.29, 0.717) is 5.69 Å². The molecular formula is C26H28N2O2S. The summed E-state index contributed by atoms with van der Waals surface area (Å²) in [6.07, 6.45) is 4.59. The van der Waals surface area contributed by atoms with Gasteiger partial charge in [-0.3, -0.25) is 4.72 Å². The van der Waals surface area contributed by atoms with E-state index in [1.54, 1.807) is 12.1 Å². The molecule has 1 fully saturated rings. The number of nitrogens with one attached hydrogen (secondary N) is 1. The summed E-state index contributed by atoms with van der Waals surface area (Å²) >= 11 is 0. The maximum atomic E-state index is 13.1. The van der Waals surface area contributed by atoms with E-state index in [4.69, 9.17) is 0 Å². The molecule has 0 radical (unpaired) electrons. The van der Waals surface area contributed by atoms with Crippen LogP contribution >= 0.6 is 0 Å². The minimum absolute atomic E-state index is 0.285. The quantitative estimate of drug-likeness (QED) is 0.563. The third-order valence-corrected chi connectivity index (χ3v) is 7.94. The van der Waals surface area contributed by atoms with Crippen molar-refractivity contribution in [1.82, 2.24) is 4.90 Å². The van der Waals surface area contributed by atoms with Crippen LogP contribution in [0.4, 0.5) is 5.69 Å². The Bertz CT molecular complexity index is 1270. The Morgan fingerprint density at radius 1 is 0.935 bits per heavy atom. The van der Waals surface area contributed by atoms with E-state index >= 15 is 0 Å². The van der Waals surface area contributed by atoms with Crippen LogP contribution in [-0.2, 0) is 16.4 Å². The van der Waals surface area contributed by atoms with Gasteiger partial charge in [0.2, 0.25) is 0 Å². The first-order chi connectivity index (χ1) is 15.0. The Morgan fingerprint density at radius 3 is 2.52 bits per heavy atom. The molecule has 31 heavy (non-hydrogen) atoms. The van der Waals surface area contributed by atoms with Crippen LogP contribution in [0.15, 0.2) is 71.1 Å². The Kier molecular flexibility index (Phi) is 5.32. The van der Waals surface area contributed by atoms with Gasteiger partial charge in [0.15, 0.2) is 0 Å². The molecule has 1 heterocycles. The zero-order valence-electron chi connectivity index (χ0n) is 17.9. The maximum absolute atomic E-state index is 13.1.